The highest BCUT2D eigenvalue weighted by Gasteiger charge is 2.57. The van der Waals surface area contributed by atoms with Crippen LogP contribution >= 0.6 is 24.8 Å². The van der Waals surface area contributed by atoms with Gasteiger partial charge < -0.3 is 19.3 Å². The summed E-state index contributed by atoms with van der Waals surface area (Å²) in [5.41, 5.74) is 0.0342. The standard InChI is InChI=1S/C27H38N2O3.2ClH/c1-6-29(7-2)21-26(4)20-28(5)22(3)18-27(26,23-14-10-8-11-15-23)32-25(30)19-31-24-16-12-9-13-17-24;;/h8-17,22H,6-7,18-21H2,1-5H3;2*1H. The molecule has 2 aromatic carbocycles. The molecule has 3 rings (SSSR count). The van der Waals surface area contributed by atoms with Crippen LogP contribution in [0.3, 0.4) is 0 Å². The number of para-hydroxylation sites is 1. The van der Waals surface area contributed by atoms with Crippen LogP contribution < -0.4 is 4.74 Å². The summed E-state index contributed by atoms with van der Waals surface area (Å²) in [4.78, 5) is 18.0. The molecule has 0 aliphatic carbocycles. The zero-order chi connectivity index (χ0) is 23.2. The van der Waals surface area contributed by atoms with E-state index in [0.717, 1.165) is 38.2 Å². The fourth-order valence-electron chi connectivity index (χ4n) is 5.05. The molecule has 0 saturated carbocycles. The van der Waals surface area contributed by atoms with Crippen molar-refractivity contribution in [3.05, 3.63) is 66.2 Å². The maximum Gasteiger partial charge on any atom is 0.345 e. The number of likely N-dealkylation sites (tertiary alicyclic amines) is 1. The summed E-state index contributed by atoms with van der Waals surface area (Å²) in [7, 11) is 2.17. The van der Waals surface area contributed by atoms with Gasteiger partial charge in [0.2, 0.25) is 0 Å². The van der Waals surface area contributed by atoms with Crippen LogP contribution in [0.1, 0.15) is 39.7 Å². The summed E-state index contributed by atoms with van der Waals surface area (Å²) in [6.45, 7) is 12.4. The number of nitrogens with zero attached hydrogens (tertiary/aromatic N) is 2. The lowest BCUT2D eigenvalue weighted by Gasteiger charge is -2.56. The van der Waals surface area contributed by atoms with E-state index in [1.165, 1.54) is 0 Å². The fourth-order valence-corrected chi connectivity index (χ4v) is 5.05. The molecule has 1 aliphatic heterocycles. The van der Waals surface area contributed by atoms with Gasteiger partial charge in [-0.3, -0.25) is 0 Å². The highest BCUT2D eigenvalue weighted by atomic mass is 35.5. The Hall–Kier alpha value is -1.79. The molecule has 0 spiro atoms. The smallest absolute Gasteiger partial charge is 0.345 e. The van der Waals surface area contributed by atoms with Gasteiger partial charge in [-0.2, -0.15) is 0 Å². The molecule has 1 aliphatic rings. The molecule has 1 fully saturated rings. The number of piperidine rings is 1. The third-order valence-electron chi connectivity index (χ3n) is 7.00. The van der Waals surface area contributed by atoms with Crippen LogP contribution in [0.2, 0.25) is 0 Å². The largest absolute Gasteiger partial charge is 0.482 e. The quantitative estimate of drug-likeness (QED) is 0.421. The second-order valence-electron chi connectivity index (χ2n) is 9.26. The van der Waals surface area contributed by atoms with Gasteiger partial charge >= 0.3 is 5.97 Å². The summed E-state index contributed by atoms with van der Waals surface area (Å²) in [6, 6.07) is 20.0. The van der Waals surface area contributed by atoms with E-state index >= 15 is 0 Å². The van der Waals surface area contributed by atoms with E-state index in [1.54, 1.807) is 0 Å². The molecule has 0 aromatic heterocycles. The normalized spacial score (nSPS) is 24.6. The van der Waals surface area contributed by atoms with Crippen LogP contribution in [0.25, 0.3) is 0 Å². The maximum atomic E-state index is 13.2. The van der Waals surface area contributed by atoms with Gasteiger partial charge in [0.25, 0.3) is 0 Å². The SMILES string of the molecule is CCN(CC)CC1(C)CN(C)C(C)CC1(OC(=O)COc1ccccc1)c1ccccc1.Cl.Cl. The lowest BCUT2D eigenvalue weighted by Crippen LogP contribution is -2.64. The molecule has 34 heavy (non-hydrogen) atoms. The Balaban J connectivity index is 0.00000289. The zero-order valence-electron chi connectivity index (χ0n) is 21.0. The van der Waals surface area contributed by atoms with Crippen LogP contribution in [-0.2, 0) is 15.1 Å². The first-order chi connectivity index (χ1) is 15.3. The van der Waals surface area contributed by atoms with Crippen LogP contribution in [-0.4, -0.2) is 61.6 Å². The Kier molecular flexibility index (Phi) is 11.9. The Morgan fingerprint density at radius 3 is 2.15 bits per heavy atom. The number of carbonyl (C=O) groups is 1. The molecule has 0 N–H and O–H groups in total. The minimum Gasteiger partial charge on any atom is -0.482 e. The van der Waals surface area contributed by atoms with Crippen molar-refractivity contribution in [1.29, 1.82) is 0 Å². The average molecular weight is 512 g/mol. The first-order valence-electron chi connectivity index (χ1n) is 11.7. The average Bonchev–Trinajstić information content (AvgIpc) is 2.81. The van der Waals surface area contributed by atoms with Gasteiger partial charge in [-0.1, -0.05) is 69.3 Å². The number of rotatable bonds is 9. The van der Waals surface area contributed by atoms with Crippen LogP contribution in [0.5, 0.6) is 5.75 Å². The minimum absolute atomic E-state index is 0. The van der Waals surface area contributed by atoms with Crippen molar-refractivity contribution in [3.63, 3.8) is 0 Å². The van der Waals surface area contributed by atoms with Gasteiger partial charge in [-0.05, 0) is 44.8 Å². The number of hydrogen-bond acceptors (Lipinski definition) is 5. The van der Waals surface area contributed by atoms with Gasteiger partial charge in [0.05, 0.1) is 0 Å². The second kappa shape index (κ2) is 13.3. The Bertz CT molecular complexity index is 867. The van der Waals surface area contributed by atoms with Crippen molar-refractivity contribution in [2.45, 2.75) is 45.8 Å². The van der Waals surface area contributed by atoms with Gasteiger partial charge in [0, 0.05) is 31.0 Å². The number of halogens is 2. The van der Waals surface area contributed by atoms with E-state index in [4.69, 9.17) is 9.47 Å². The van der Waals surface area contributed by atoms with E-state index in [0.29, 0.717) is 5.75 Å². The van der Waals surface area contributed by atoms with E-state index in [2.05, 4.69) is 56.7 Å². The molecule has 2 aromatic rings. The maximum absolute atomic E-state index is 13.2. The van der Waals surface area contributed by atoms with E-state index < -0.39 is 5.60 Å². The van der Waals surface area contributed by atoms with E-state index in [1.807, 2.05) is 48.5 Å². The second-order valence-corrected chi connectivity index (χ2v) is 9.26. The predicted octanol–water partition coefficient (Wildman–Crippen LogP) is 5.42. The van der Waals surface area contributed by atoms with Crippen molar-refractivity contribution in [2.24, 2.45) is 5.41 Å². The Labute approximate surface area is 217 Å². The number of ether oxygens (including phenoxy) is 2. The molecule has 190 valence electrons. The lowest BCUT2D eigenvalue weighted by molar-refractivity contribution is -0.203. The molecule has 3 atom stereocenters. The molecule has 1 heterocycles. The first-order valence-corrected chi connectivity index (χ1v) is 11.7. The van der Waals surface area contributed by atoms with Gasteiger partial charge in [0.15, 0.2) is 6.61 Å². The minimum atomic E-state index is -0.736. The Morgan fingerprint density at radius 1 is 1.03 bits per heavy atom. The van der Waals surface area contributed by atoms with E-state index in [9.17, 15) is 4.79 Å². The molecule has 5 nitrogen and oxygen atoms in total. The van der Waals surface area contributed by atoms with Gasteiger partial charge in [-0.15, -0.1) is 24.8 Å². The highest BCUT2D eigenvalue weighted by Crippen LogP contribution is 2.51. The van der Waals surface area contributed by atoms with Gasteiger partial charge in [0.1, 0.15) is 11.4 Å². The van der Waals surface area contributed by atoms with Crippen molar-refractivity contribution in [3.8, 4) is 5.75 Å². The third-order valence-corrected chi connectivity index (χ3v) is 7.00. The summed E-state index contributed by atoms with van der Waals surface area (Å²) in [5, 5.41) is 0. The number of benzene rings is 2. The van der Waals surface area contributed by atoms with Crippen LogP contribution in [0, 0.1) is 5.41 Å². The third kappa shape index (κ3) is 6.66. The molecule has 3 unspecified atom stereocenters. The molecule has 7 heteroatoms. The van der Waals surface area contributed by atoms with Gasteiger partial charge in [-0.25, -0.2) is 4.79 Å². The number of carbonyl (C=O) groups excluding carboxylic acids is 1. The Morgan fingerprint density at radius 2 is 1.59 bits per heavy atom. The molecule has 0 radical (unpaired) electrons. The molecule has 1 saturated heterocycles. The zero-order valence-corrected chi connectivity index (χ0v) is 22.7. The van der Waals surface area contributed by atoms with Crippen LogP contribution in [0.15, 0.2) is 60.7 Å². The number of esters is 1. The van der Waals surface area contributed by atoms with Crippen LogP contribution in [0.4, 0.5) is 0 Å². The molecular weight excluding hydrogens is 471 g/mol. The first kappa shape index (κ1) is 30.2. The summed E-state index contributed by atoms with van der Waals surface area (Å²) in [6.07, 6.45) is 0.738. The summed E-state index contributed by atoms with van der Waals surface area (Å²) >= 11 is 0. The summed E-state index contributed by atoms with van der Waals surface area (Å²) in [5.74, 6) is 0.334. The van der Waals surface area contributed by atoms with Crippen molar-refractivity contribution >= 4 is 30.8 Å². The van der Waals surface area contributed by atoms with Crippen molar-refractivity contribution in [1.82, 2.24) is 9.80 Å². The molecular formula is C27H40Cl2N2O3. The van der Waals surface area contributed by atoms with Crippen molar-refractivity contribution < 1.29 is 14.3 Å². The van der Waals surface area contributed by atoms with Crippen molar-refractivity contribution in [2.75, 3.05) is 39.8 Å². The lowest BCUT2D eigenvalue weighted by atomic mass is 9.63. The van der Waals surface area contributed by atoms with E-state index in [-0.39, 0.29) is 48.8 Å². The monoisotopic (exact) mass is 510 g/mol. The topological polar surface area (TPSA) is 42.0 Å². The summed E-state index contributed by atoms with van der Waals surface area (Å²) < 4.78 is 12.2. The highest BCUT2D eigenvalue weighted by molar-refractivity contribution is 5.85. The molecule has 0 bridgehead atoms. The number of hydrogen-bond donors (Lipinski definition) is 0. The predicted molar refractivity (Wildman–Crippen MR) is 143 cm³/mol. The fraction of sp³-hybridized carbons (Fsp3) is 0.519. The molecule has 0 amide bonds.